The first kappa shape index (κ1) is 12.0. The maximum absolute atomic E-state index is 11.4. The molecule has 7 nitrogen and oxygen atoms in total. The molecule has 1 aromatic rings. The lowest BCUT2D eigenvalue weighted by atomic mass is 10.1. The van der Waals surface area contributed by atoms with E-state index in [4.69, 9.17) is 10.8 Å². The minimum absolute atomic E-state index is 0.0338. The van der Waals surface area contributed by atoms with Crippen LogP contribution in [0.4, 0.5) is 5.82 Å². The van der Waals surface area contributed by atoms with E-state index in [0.29, 0.717) is 6.42 Å². The normalized spacial score (nSPS) is 12.3. The summed E-state index contributed by atoms with van der Waals surface area (Å²) in [4.78, 5) is 35.1. The lowest BCUT2D eigenvalue weighted by Gasteiger charge is -2.13. The Morgan fingerprint density at radius 2 is 2.25 bits per heavy atom. The van der Waals surface area contributed by atoms with Gasteiger partial charge in [0.1, 0.15) is 5.82 Å². The molecule has 0 aliphatic carbocycles. The average Bonchev–Trinajstić information content (AvgIpc) is 2.15. The van der Waals surface area contributed by atoms with Crippen LogP contribution in [0.2, 0.25) is 0 Å². The standard InChI is InChI=1S/C9H13N3O4/c1-2-5(8(14)15)4-12-6(10)3-7(13)11-9(12)16/h3,5H,2,4,10H2,1H3,(H,14,15)(H,11,13,16). The Balaban J connectivity index is 3.10. The summed E-state index contributed by atoms with van der Waals surface area (Å²) in [6, 6.07) is 1.05. The quantitative estimate of drug-likeness (QED) is 0.624. The molecule has 4 N–H and O–H groups in total. The second-order valence-electron chi connectivity index (χ2n) is 3.42. The number of nitrogen functional groups attached to an aromatic ring is 1. The van der Waals surface area contributed by atoms with Crippen molar-refractivity contribution in [2.24, 2.45) is 5.92 Å². The summed E-state index contributed by atoms with van der Waals surface area (Å²) in [5.41, 5.74) is 4.19. The van der Waals surface area contributed by atoms with Gasteiger partial charge in [0.2, 0.25) is 0 Å². The van der Waals surface area contributed by atoms with Gasteiger partial charge < -0.3 is 10.8 Å². The number of aromatic amines is 1. The van der Waals surface area contributed by atoms with E-state index in [1.165, 1.54) is 0 Å². The Kier molecular flexibility index (Phi) is 3.49. The number of aromatic nitrogens is 2. The lowest BCUT2D eigenvalue weighted by molar-refractivity contribution is -0.142. The molecule has 1 heterocycles. The van der Waals surface area contributed by atoms with Gasteiger partial charge in [-0.2, -0.15) is 0 Å². The molecule has 0 radical (unpaired) electrons. The number of nitrogens with two attached hydrogens (primary N) is 1. The van der Waals surface area contributed by atoms with Gasteiger partial charge in [-0.3, -0.25) is 19.1 Å². The van der Waals surface area contributed by atoms with E-state index in [1.807, 2.05) is 4.98 Å². The lowest BCUT2D eigenvalue weighted by Crippen LogP contribution is -2.34. The molecule has 7 heteroatoms. The highest BCUT2D eigenvalue weighted by Crippen LogP contribution is 2.07. The molecule has 1 aromatic heterocycles. The molecule has 1 unspecified atom stereocenters. The molecule has 0 spiro atoms. The number of nitrogens with zero attached hydrogens (tertiary/aromatic N) is 1. The van der Waals surface area contributed by atoms with E-state index in [0.717, 1.165) is 10.6 Å². The van der Waals surface area contributed by atoms with Crippen LogP contribution in [0.1, 0.15) is 13.3 Å². The number of nitrogens with one attached hydrogen (secondary N) is 1. The first-order chi connectivity index (χ1) is 7.45. The zero-order valence-electron chi connectivity index (χ0n) is 8.77. The van der Waals surface area contributed by atoms with Gasteiger partial charge in [-0.25, -0.2) is 4.79 Å². The highest BCUT2D eigenvalue weighted by Gasteiger charge is 2.17. The first-order valence-corrected chi connectivity index (χ1v) is 4.78. The Hall–Kier alpha value is -2.05. The van der Waals surface area contributed by atoms with Crippen molar-refractivity contribution in [1.29, 1.82) is 0 Å². The number of anilines is 1. The Morgan fingerprint density at radius 3 is 2.69 bits per heavy atom. The maximum Gasteiger partial charge on any atom is 0.329 e. The van der Waals surface area contributed by atoms with E-state index >= 15 is 0 Å². The Bertz CT molecular complexity index is 502. The second-order valence-corrected chi connectivity index (χ2v) is 3.42. The third kappa shape index (κ3) is 2.50. The molecule has 1 rings (SSSR count). The molecule has 0 saturated heterocycles. The molecule has 0 bridgehead atoms. The van der Waals surface area contributed by atoms with Gasteiger partial charge in [0.05, 0.1) is 5.92 Å². The van der Waals surface area contributed by atoms with Crippen LogP contribution in [0, 0.1) is 5.92 Å². The largest absolute Gasteiger partial charge is 0.481 e. The molecule has 1 atom stereocenters. The zero-order chi connectivity index (χ0) is 12.3. The summed E-state index contributed by atoms with van der Waals surface area (Å²) in [5, 5.41) is 8.84. The molecule has 0 aliphatic rings. The predicted molar refractivity (Wildman–Crippen MR) is 57.2 cm³/mol. The van der Waals surface area contributed by atoms with Crippen molar-refractivity contribution >= 4 is 11.8 Å². The fraction of sp³-hybridized carbons (Fsp3) is 0.444. The van der Waals surface area contributed by atoms with Crippen LogP contribution in [0.25, 0.3) is 0 Å². The number of rotatable bonds is 4. The SMILES string of the molecule is CCC(Cn1c(N)cc(=O)[nH]c1=O)C(=O)O. The van der Waals surface area contributed by atoms with Crippen LogP contribution in [-0.4, -0.2) is 20.6 Å². The summed E-state index contributed by atoms with van der Waals surface area (Å²) >= 11 is 0. The van der Waals surface area contributed by atoms with Gasteiger partial charge in [0, 0.05) is 12.6 Å². The van der Waals surface area contributed by atoms with Gasteiger partial charge in [-0.15, -0.1) is 0 Å². The van der Waals surface area contributed by atoms with Crippen molar-refractivity contribution < 1.29 is 9.90 Å². The van der Waals surface area contributed by atoms with Crippen LogP contribution in [-0.2, 0) is 11.3 Å². The fourth-order valence-corrected chi connectivity index (χ4v) is 1.33. The van der Waals surface area contributed by atoms with Crippen molar-refractivity contribution in [3.8, 4) is 0 Å². The van der Waals surface area contributed by atoms with Crippen molar-refractivity contribution in [3.63, 3.8) is 0 Å². The van der Waals surface area contributed by atoms with Gasteiger partial charge in [-0.05, 0) is 6.42 Å². The van der Waals surface area contributed by atoms with Crippen molar-refractivity contribution in [3.05, 3.63) is 26.9 Å². The fourth-order valence-electron chi connectivity index (χ4n) is 1.33. The van der Waals surface area contributed by atoms with Gasteiger partial charge >= 0.3 is 11.7 Å². The van der Waals surface area contributed by atoms with Gasteiger partial charge in [-0.1, -0.05) is 6.92 Å². The van der Waals surface area contributed by atoms with Crippen molar-refractivity contribution in [1.82, 2.24) is 9.55 Å². The van der Waals surface area contributed by atoms with Gasteiger partial charge in [0.15, 0.2) is 0 Å². The molecule has 0 aromatic carbocycles. The third-order valence-corrected chi connectivity index (χ3v) is 2.31. The molecule has 0 fully saturated rings. The molecular weight excluding hydrogens is 214 g/mol. The van der Waals surface area contributed by atoms with E-state index in [9.17, 15) is 14.4 Å². The molecule has 0 amide bonds. The van der Waals surface area contributed by atoms with Crippen molar-refractivity contribution in [2.75, 3.05) is 5.73 Å². The van der Waals surface area contributed by atoms with Crippen molar-refractivity contribution in [2.45, 2.75) is 19.9 Å². The second kappa shape index (κ2) is 4.65. The zero-order valence-corrected chi connectivity index (χ0v) is 8.77. The summed E-state index contributed by atoms with van der Waals surface area (Å²) in [6.07, 6.45) is 0.375. The van der Waals surface area contributed by atoms with Crippen LogP contribution >= 0.6 is 0 Å². The number of hydrogen-bond acceptors (Lipinski definition) is 4. The van der Waals surface area contributed by atoms with Crippen LogP contribution in [0.5, 0.6) is 0 Å². The number of carboxylic acids is 1. The number of H-pyrrole nitrogens is 1. The van der Waals surface area contributed by atoms with Gasteiger partial charge in [0.25, 0.3) is 5.56 Å². The van der Waals surface area contributed by atoms with E-state index < -0.39 is 23.1 Å². The minimum Gasteiger partial charge on any atom is -0.481 e. The van der Waals surface area contributed by atoms with Crippen LogP contribution in [0.3, 0.4) is 0 Å². The summed E-state index contributed by atoms with van der Waals surface area (Å²) in [6.45, 7) is 1.65. The topological polar surface area (TPSA) is 118 Å². The number of carbonyl (C=O) groups is 1. The molecular formula is C9H13N3O4. The summed E-state index contributed by atoms with van der Waals surface area (Å²) in [7, 11) is 0. The van der Waals surface area contributed by atoms with E-state index in [1.54, 1.807) is 6.92 Å². The average molecular weight is 227 g/mol. The van der Waals surface area contributed by atoms with E-state index in [2.05, 4.69) is 0 Å². The molecule has 0 aliphatic heterocycles. The summed E-state index contributed by atoms with van der Waals surface area (Å²) < 4.78 is 1.05. The highest BCUT2D eigenvalue weighted by atomic mass is 16.4. The highest BCUT2D eigenvalue weighted by molar-refractivity contribution is 5.69. The summed E-state index contributed by atoms with van der Waals surface area (Å²) in [5.74, 6) is -1.74. The monoisotopic (exact) mass is 227 g/mol. The smallest absolute Gasteiger partial charge is 0.329 e. The Morgan fingerprint density at radius 1 is 1.62 bits per heavy atom. The Labute approximate surface area is 90.5 Å². The molecule has 0 saturated carbocycles. The number of aliphatic carboxylic acids is 1. The third-order valence-electron chi connectivity index (χ3n) is 2.31. The minimum atomic E-state index is -1.000. The first-order valence-electron chi connectivity index (χ1n) is 4.78. The van der Waals surface area contributed by atoms with E-state index in [-0.39, 0.29) is 12.4 Å². The maximum atomic E-state index is 11.4. The predicted octanol–water partition coefficient (Wildman–Crippen LogP) is -0.770. The van der Waals surface area contributed by atoms with Crippen LogP contribution in [0.15, 0.2) is 15.7 Å². The number of carboxylic acid groups (broad SMARTS) is 1. The molecule has 16 heavy (non-hydrogen) atoms. The van der Waals surface area contributed by atoms with Crippen LogP contribution < -0.4 is 17.0 Å². The molecule has 88 valence electrons. The number of hydrogen-bond donors (Lipinski definition) is 3.